The van der Waals surface area contributed by atoms with E-state index in [2.05, 4.69) is 15.6 Å². The molecule has 31 heavy (non-hydrogen) atoms. The van der Waals surface area contributed by atoms with Crippen LogP contribution in [-0.4, -0.2) is 35.3 Å². The number of carbonyl (C=O) groups excluding carboxylic acids is 2. The van der Waals surface area contributed by atoms with Crippen LogP contribution >= 0.6 is 11.6 Å². The molecule has 2 heterocycles. The van der Waals surface area contributed by atoms with Gasteiger partial charge in [-0.2, -0.15) is 0 Å². The number of aromatic nitrogens is 2. The van der Waals surface area contributed by atoms with E-state index in [0.29, 0.717) is 33.2 Å². The van der Waals surface area contributed by atoms with Crippen LogP contribution in [-0.2, 0) is 0 Å². The van der Waals surface area contributed by atoms with E-state index in [1.54, 1.807) is 47.0 Å². The highest BCUT2D eigenvalue weighted by atomic mass is 35.5. The third-order valence-corrected chi connectivity index (χ3v) is 5.28. The van der Waals surface area contributed by atoms with Crippen LogP contribution in [0.3, 0.4) is 0 Å². The van der Waals surface area contributed by atoms with Gasteiger partial charge in [0.2, 0.25) is 0 Å². The summed E-state index contributed by atoms with van der Waals surface area (Å²) in [4.78, 5) is 29.4. The molecule has 0 aliphatic carbocycles. The van der Waals surface area contributed by atoms with E-state index in [-0.39, 0.29) is 17.6 Å². The summed E-state index contributed by atoms with van der Waals surface area (Å²) in [6.07, 6.45) is 1.77. The van der Waals surface area contributed by atoms with Gasteiger partial charge in [0.15, 0.2) is 0 Å². The summed E-state index contributed by atoms with van der Waals surface area (Å²) in [6, 6.07) is 14.6. The molecule has 0 atom stereocenters. The molecular weight excluding hydrogens is 419 g/mol. The van der Waals surface area contributed by atoms with Crippen LogP contribution in [0.2, 0.25) is 5.02 Å². The van der Waals surface area contributed by atoms with Crippen LogP contribution in [0, 0.1) is 5.82 Å². The highest BCUT2D eigenvalue weighted by Crippen LogP contribution is 2.29. The van der Waals surface area contributed by atoms with E-state index in [1.807, 2.05) is 6.07 Å². The van der Waals surface area contributed by atoms with Gasteiger partial charge in [-0.25, -0.2) is 9.37 Å². The largest absolute Gasteiger partial charge is 0.355 e. The maximum absolute atomic E-state index is 13.4. The molecule has 0 saturated carbocycles. The Kier molecular flexibility index (Phi) is 5.44. The lowest BCUT2D eigenvalue weighted by atomic mass is 10.0. The smallest absolute Gasteiger partial charge is 0.270 e. The van der Waals surface area contributed by atoms with Crippen molar-refractivity contribution in [3.63, 3.8) is 0 Å². The zero-order valence-electron chi connectivity index (χ0n) is 16.7. The third kappa shape index (κ3) is 3.75. The lowest BCUT2D eigenvalue weighted by Crippen LogP contribution is -2.20. The van der Waals surface area contributed by atoms with Crippen LogP contribution in [0.1, 0.15) is 20.8 Å². The molecule has 0 radical (unpaired) electrons. The fourth-order valence-corrected chi connectivity index (χ4v) is 3.58. The Balaban J connectivity index is 1.90. The van der Waals surface area contributed by atoms with Crippen molar-refractivity contribution in [2.75, 3.05) is 14.1 Å². The Labute approximate surface area is 182 Å². The predicted octanol–water partition coefficient (Wildman–Crippen LogP) is 4.18. The highest BCUT2D eigenvalue weighted by molar-refractivity contribution is 6.34. The van der Waals surface area contributed by atoms with Crippen LogP contribution in [0.15, 0.2) is 60.8 Å². The van der Waals surface area contributed by atoms with E-state index < -0.39 is 0 Å². The number of imidazole rings is 1. The normalized spacial score (nSPS) is 10.8. The average molecular weight is 437 g/mol. The number of hydrogen-bond donors (Lipinski definition) is 2. The average Bonchev–Trinajstić information content (AvgIpc) is 3.17. The molecule has 4 rings (SSSR count). The summed E-state index contributed by atoms with van der Waals surface area (Å²) in [5.74, 6) is -0.989. The van der Waals surface area contributed by atoms with Crippen LogP contribution in [0.25, 0.3) is 28.0 Å². The van der Waals surface area contributed by atoms with Gasteiger partial charge in [0.05, 0.1) is 10.6 Å². The van der Waals surface area contributed by atoms with Gasteiger partial charge in [0.1, 0.15) is 22.9 Å². The number of carbonyl (C=O) groups is 2. The number of rotatable bonds is 4. The van der Waals surface area contributed by atoms with Crippen molar-refractivity contribution in [1.29, 1.82) is 0 Å². The van der Waals surface area contributed by atoms with E-state index >= 15 is 0 Å². The standard InChI is InChI=1S/C23H18ClFN4O2/c1-26-22(30)17-11-14(5-9-18(17)24)15-6-10-19-28-20(13-3-7-16(25)8-4-13)21(23(31)27-2)29(19)12-15/h3-12H,1-2H3,(H,26,30)(H,27,31). The Hall–Kier alpha value is -3.71. The second-order valence-electron chi connectivity index (χ2n) is 6.81. The second-order valence-corrected chi connectivity index (χ2v) is 7.22. The molecule has 2 aromatic heterocycles. The Bertz CT molecular complexity index is 1320. The number of benzene rings is 2. The van der Waals surface area contributed by atoms with Gasteiger partial charge in [-0.15, -0.1) is 0 Å². The predicted molar refractivity (Wildman–Crippen MR) is 118 cm³/mol. The summed E-state index contributed by atoms with van der Waals surface area (Å²) in [7, 11) is 3.07. The number of nitrogens with zero attached hydrogens (tertiary/aromatic N) is 2. The van der Waals surface area contributed by atoms with Crippen LogP contribution in [0.4, 0.5) is 4.39 Å². The van der Waals surface area contributed by atoms with E-state index in [0.717, 1.165) is 11.1 Å². The minimum atomic E-state index is -0.369. The van der Waals surface area contributed by atoms with Gasteiger partial charge < -0.3 is 10.6 Å². The molecule has 156 valence electrons. The summed E-state index contributed by atoms with van der Waals surface area (Å²) in [5, 5.41) is 5.55. The molecule has 2 aromatic carbocycles. The van der Waals surface area contributed by atoms with Crippen molar-refractivity contribution < 1.29 is 14.0 Å². The number of amides is 2. The molecule has 6 nitrogen and oxygen atoms in total. The number of nitrogens with one attached hydrogen (secondary N) is 2. The third-order valence-electron chi connectivity index (χ3n) is 4.95. The molecule has 2 amide bonds. The van der Waals surface area contributed by atoms with E-state index in [1.165, 1.54) is 26.2 Å². The molecule has 2 N–H and O–H groups in total. The summed E-state index contributed by atoms with van der Waals surface area (Å²) < 4.78 is 15.1. The second kappa shape index (κ2) is 8.20. The Morgan fingerprint density at radius 3 is 2.23 bits per heavy atom. The van der Waals surface area contributed by atoms with Crippen LogP contribution < -0.4 is 10.6 Å². The number of halogens is 2. The van der Waals surface area contributed by atoms with E-state index in [9.17, 15) is 14.0 Å². The topological polar surface area (TPSA) is 75.5 Å². The number of hydrogen-bond acceptors (Lipinski definition) is 3. The molecule has 4 aromatic rings. The first-order chi connectivity index (χ1) is 14.9. The van der Waals surface area contributed by atoms with Crippen molar-refractivity contribution >= 4 is 29.1 Å². The molecule has 0 aliphatic heterocycles. The molecule has 0 bridgehead atoms. The SMILES string of the molecule is CNC(=O)c1cc(-c2ccc3nc(-c4ccc(F)cc4)c(C(=O)NC)n3c2)ccc1Cl. The molecule has 0 fully saturated rings. The van der Waals surface area contributed by atoms with Gasteiger partial charge in [-0.05, 0) is 59.7 Å². The molecule has 0 spiro atoms. The zero-order chi connectivity index (χ0) is 22.1. The Morgan fingerprint density at radius 1 is 0.903 bits per heavy atom. The fraction of sp³-hybridized carbons (Fsp3) is 0.0870. The first-order valence-electron chi connectivity index (χ1n) is 9.45. The lowest BCUT2D eigenvalue weighted by molar-refractivity contribution is 0.0952. The maximum Gasteiger partial charge on any atom is 0.270 e. The van der Waals surface area contributed by atoms with Gasteiger partial charge in [-0.3, -0.25) is 14.0 Å². The van der Waals surface area contributed by atoms with Crippen molar-refractivity contribution in [2.45, 2.75) is 0 Å². The monoisotopic (exact) mass is 436 g/mol. The maximum atomic E-state index is 13.4. The van der Waals surface area contributed by atoms with Gasteiger partial charge >= 0.3 is 0 Å². The minimum absolute atomic E-state index is 0.291. The molecule has 0 unspecified atom stereocenters. The van der Waals surface area contributed by atoms with E-state index in [4.69, 9.17) is 11.6 Å². The quantitative estimate of drug-likeness (QED) is 0.504. The van der Waals surface area contributed by atoms with Crippen molar-refractivity contribution in [3.05, 3.63) is 82.9 Å². The lowest BCUT2D eigenvalue weighted by Gasteiger charge is -2.09. The molecule has 0 saturated heterocycles. The highest BCUT2D eigenvalue weighted by Gasteiger charge is 2.20. The summed E-state index contributed by atoms with van der Waals surface area (Å²) in [6.45, 7) is 0. The minimum Gasteiger partial charge on any atom is -0.355 e. The van der Waals surface area contributed by atoms with Gasteiger partial charge in [0, 0.05) is 25.9 Å². The summed E-state index contributed by atoms with van der Waals surface area (Å²) >= 11 is 6.16. The van der Waals surface area contributed by atoms with Crippen LogP contribution in [0.5, 0.6) is 0 Å². The number of fused-ring (bicyclic) bond motifs is 1. The molecule has 0 aliphatic rings. The fourth-order valence-electron chi connectivity index (χ4n) is 3.37. The van der Waals surface area contributed by atoms with Gasteiger partial charge in [0.25, 0.3) is 11.8 Å². The van der Waals surface area contributed by atoms with Gasteiger partial charge in [-0.1, -0.05) is 17.7 Å². The molecular formula is C23H18ClFN4O2. The van der Waals surface area contributed by atoms with Crippen molar-refractivity contribution in [1.82, 2.24) is 20.0 Å². The number of pyridine rings is 1. The first kappa shape index (κ1) is 20.6. The summed E-state index contributed by atoms with van der Waals surface area (Å²) in [5.41, 5.74) is 3.82. The van der Waals surface area contributed by atoms with Crippen molar-refractivity contribution in [2.24, 2.45) is 0 Å². The zero-order valence-corrected chi connectivity index (χ0v) is 17.5. The van der Waals surface area contributed by atoms with Crippen molar-refractivity contribution in [3.8, 4) is 22.4 Å². The first-order valence-corrected chi connectivity index (χ1v) is 9.83. The molecule has 8 heteroatoms. The Morgan fingerprint density at radius 2 is 1.55 bits per heavy atom.